The lowest BCUT2D eigenvalue weighted by molar-refractivity contribution is -0.121. The van der Waals surface area contributed by atoms with Gasteiger partial charge in [0.15, 0.2) is 0 Å². The summed E-state index contributed by atoms with van der Waals surface area (Å²) in [6.45, 7) is 1.21. The molecule has 0 saturated carbocycles. The second-order valence-corrected chi connectivity index (χ2v) is 3.88. The zero-order valence-electron chi connectivity index (χ0n) is 8.53. The van der Waals surface area contributed by atoms with Crippen molar-refractivity contribution in [1.82, 2.24) is 10.2 Å². The van der Waals surface area contributed by atoms with Gasteiger partial charge in [0.05, 0.1) is 18.4 Å². The van der Waals surface area contributed by atoms with Crippen LogP contribution in [-0.4, -0.2) is 36.3 Å². The number of halogens is 1. The predicted octanol–water partition coefficient (Wildman–Crippen LogP) is 0.895. The number of hydrogen-bond donors (Lipinski definition) is 1. The van der Waals surface area contributed by atoms with E-state index in [9.17, 15) is 9.59 Å². The zero-order valence-corrected chi connectivity index (χ0v) is 9.29. The molecule has 0 aliphatic carbocycles. The number of hydrogen-bond acceptors (Lipinski definition) is 3. The minimum Gasteiger partial charge on any atom is -0.452 e. The molecule has 1 fully saturated rings. The molecule has 0 unspecified atom stereocenters. The zero-order chi connectivity index (χ0) is 11.5. The van der Waals surface area contributed by atoms with E-state index in [1.807, 2.05) is 0 Å². The van der Waals surface area contributed by atoms with Crippen molar-refractivity contribution < 1.29 is 14.0 Å². The summed E-state index contributed by atoms with van der Waals surface area (Å²) >= 11 is 5.72. The third-order valence-corrected chi connectivity index (χ3v) is 2.69. The Morgan fingerprint density at radius 3 is 3.06 bits per heavy atom. The number of nitrogens with zero attached hydrogens (tertiary/aromatic N) is 1. The van der Waals surface area contributed by atoms with Gasteiger partial charge in [-0.05, 0) is 24.1 Å². The highest BCUT2D eigenvalue weighted by atomic mass is 35.5. The first kappa shape index (κ1) is 11.0. The number of nitrogens with one attached hydrogen (secondary N) is 1. The van der Waals surface area contributed by atoms with Crippen LogP contribution >= 0.6 is 11.6 Å². The maximum absolute atomic E-state index is 12.0. The molecule has 86 valence electrons. The predicted molar refractivity (Wildman–Crippen MR) is 57.2 cm³/mol. The summed E-state index contributed by atoms with van der Waals surface area (Å²) in [6.07, 6.45) is 2.10. The van der Waals surface area contributed by atoms with E-state index in [2.05, 4.69) is 5.32 Å². The molecule has 0 radical (unpaired) electrons. The summed E-state index contributed by atoms with van der Waals surface area (Å²) in [7, 11) is 0. The SMILES string of the molecule is O=C1CN(C(=O)c2ccoc2Cl)CCCN1. The highest BCUT2D eigenvalue weighted by molar-refractivity contribution is 6.32. The highest BCUT2D eigenvalue weighted by Gasteiger charge is 2.23. The molecule has 1 aromatic rings. The van der Waals surface area contributed by atoms with Gasteiger partial charge < -0.3 is 14.6 Å². The minimum absolute atomic E-state index is 0.0645. The van der Waals surface area contributed by atoms with E-state index in [0.717, 1.165) is 6.42 Å². The van der Waals surface area contributed by atoms with Gasteiger partial charge in [0.25, 0.3) is 5.91 Å². The first-order valence-corrected chi connectivity index (χ1v) is 5.35. The summed E-state index contributed by atoms with van der Waals surface area (Å²) in [4.78, 5) is 24.7. The van der Waals surface area contributed by atoms with Crippen LogP contribution in [0.25, 0.3) is 0 Å². The molecule has 0 aromatic carbocycles. The number of amides is 2. The van der Waals surface area contributed by atoms with Gasteiger partial charge in [-0.2, -0.15) is 0 Å². The summed E-state index contributed by atoms with van der Waals surface area (Å²) in [5.74, 6) is -0.415. The molecule has 0 atom stereocenters. The topological polar surface area (TPSA) is 62.6 Å². The summed E-state index contributed by atoms with van der Waals surface area (Å²) in [6, 6.07) is 1.51. The average molecular weight is 243 g/mol. The molecule has 2 heterocycles. The smallest absolute Gasteiger partial charge is 0.259 e. The lowest BCUT2D eigenvalue weighted by Gasteiger charge is -2.17. The van der Waals surface area contributed by atoms with Gasteiger partial charge in [-0.1, -0.05) is 0 Å². The van der Waals surface area contributed by atoms with Crippen molar-refractivity contribution in [2.45, 2.75) is 6.42 Å². The highest BCUT2D eigenvalue weighted by Crippen LogP contribution is 2.18. The van der Waals surface area contributed by atoms with Gasteiger partial charge in [-0.15, -0.1) is 0 Å². The van der Waals surface area contributed by atoms with Crippen molar-refractivity contribution in [3.8, 4) is 0 Å². The third-order valence-electron chi connectivity index (χ3n) is 2.40. The molecule has 1 aliphatic heterocycles. The van der Waals surface area contributed by atoms with E-state index in [-0.39, 0.29) is 23.6 Å². The van der Waals surface area contributed by atoms with Crippen molar-refractivity contribution in [2.24, 2.45) is 0 Å². The Morgan fingerprint density at radius 2 is 2.38 bits per heavy atom. The van der Waals surface area contributed by atoms with Crippen molar-refractivity contribution in [2.75, 3.05) is 19.6 Å². The van der Waals surface area contributed by atoms with Gasteiger partial charge >= 0.3 is 0 Å². The fourth-order valence-corrected chi connectivity index (χ4v) is 1.79. The van der Waals surface area contributed by atoms with E-state index in [1.54, 1.807) is 0 Å². The molecule has 6 heteroatoms. The second kappa shape index (κ2) is 4.57. The van der Waals surface area contributed by atoms with Crippen LogP contribution < -0.4 is 5.32 Å². The Hall–Kier alpha value is -1.49. The fraction of sp³-hybridized carbons (Fsp3) is 0.400. The Morgan fingerprint density at radius 1 is 1.56 bits per heavy atom. The molecular weight excluding hydrogens is 232 g/mol. The molecule has 2 rings (SSSR count). The molecule has 0 bridgehead atoms. The molecule has 16 heavy (non-hydrogen) atoms. The maximum atomic E-state index is 12.0. The number of carbonyl (C=O) groups excluding carboxylic acids is 2. The summed E-state index contributed by atoms with van der Waals surface area (Å²) in [5.41, 5.74) is 0.302. The fourth-order valence-electron chi connectivity index (χ4n) is 1.60. The van der Waals surface area contributed by atoms with Crippen LogP contribution in [0.3, 0.4) is 0 Å². The van der Waals surface area contributed by atoms with Gasteiger partial charge in [0.2, 0.25) is 11.1 Å². The lowest BCUT2D eigenvalue weighted by atomic mass is 10.2. The van der Waals surface area contributed by atoms with E-state index in [4.69, 9.17) is 16.0 Å². The first-order chi connectivity index (χ1) is 7.68. The van der Waals surface area contributed by atoms with Crippen molar-refractivity contribution in [3.05, 3.63) is 23.1 Å². The Kier molecular flexibility index (Phi) is 3.14. The van der Waals surface area contributed by atoms with E-state index < -0.39 is 0 Å². The minimum atomic E-state index is -0.268. The van der Waals surface area contributed by atoms with Gasteiger partial charge in [-0.3, -0.25) is 9.59 Å². The van der Waals surface area contributed by atoms with E-state index in [1.165, 1.54) is 17.2 Å². The molecule has 1 N–H and O–H groups in total. The second-order valence-electron chi connectivity index (χ2n) is 3.54. The van der Waals surface area contributed by atoms with Crippen LogP contribution in [0, 0.1) is 0 Å². The molecule has 1 aliphatic rings. The average Bonchev–Trinajstić information content (AvgIpc) is 2.55. The largest absolute Gasteiger partial charge is 0.452 e. The molecular formula is C10H11ClN2O3. The standard InChI is InChI=1S/C10H11ClN2O3/c11-9-7(2-5-16-9)10(15)13-4-1-3-12-8(14)6-13/h2,5H,1,3-4,6H2,(H,12,14). The van der Waals surface area contributed by atoms with Crippen LogP contribution in [0.5, 0.6) is 0 Å². The van der Waals surface area contributed by atoms with Crippen LogP contribution in [0.1, 0.15) is 16.8 Å². The van der Waals surface area contributed by atoms with Crippen molar-refractivity contribution in [1.29, 1.82) is 0 Å². The van der Waals surface area contributed by atoms with Crippen molar-refractivity contribution in [3.63, 3.8) is 0 Å². The van der Waals surface area contributed by atoms with Crippen LogP contribution in [-0.2, 0) is 4.79 Å². The Bertz CT molecular complexity index is 416. The molecule has 1 aromatic heterocycles. The molecule has 1 saturated heterocycles. The van der Waals surface area contributed by atoms with Gasteiger partial charge in [-0.25, -0.2) is 0 Å². The van der Waals surface area contributed by atoms with Crippen LogP contribution in [0.15, 0.2) is 16.7 Å². The molecule has 5 nitrogen and oxygen atoms in total. The lowest BCUT2D eigenvalue weighted by Crippen LogP contribution is -2.37. The molecule has 2 amide bonds. The van der Waals surface area contributed by atoms with Gasteiger partial charge in [0, 0.05) is 13.1 Å². The van der Waals surface area contributed by atoms with Crippen LogP contribution in [0.4, 0.5) is 0 Å². The Balaban J connectivity index is 2.15. The number of carbonyl (C=O) groups is 2. The van der Waals surface area contributed by atoms with Gasteiger partial charge in [0.1, 0.15) is 0 Å². The maximum Gasteiger partial charge on any atom is 0.259 e. The van der Waals surface area contributed by atoms with E-state index >= 15 is 0 Å². The summed E-state index contributed by atoms with van der Waals surface area (Å²) < 4.78 is 4.85. The van der Waals surface area contributed by atoms with Crippen molar-refractivity contribution >= 4 is 23.4 Å². The third kappa shape index (κ3) is 2.19. The summed E-state index contributed by atoms with van der Waals surface area (Å²) in [5, 5.41) is 2.76. The molecule has 0 spiro atoms. The Labute approximate surface area is 97.3 Å². The monoisotopic (exact) mass is 242 g/mol. The number of furan rings is 1. The normalized spacial score (nSPS) is 16.8. The van der Waals surface area contributed by atoms with Crippen LogP contribution in [0.2, 0.25) is 5.22 Å². The first-order valence-electron chi connectivity index (χ1n) is 4.97. The number of rotatable bonds is 1. The quantitative estimate of drug-likeness (QED) is 0.796. The van der Waals surface area contributed by atoms with E-state index in [0.29, 0.717) is 18.7 Å².